The largest absolute Gasteiger partial charge is 0.476 e. The second-order valence-electron chi connectivity index (χ2n) is 3.99. The van der Waals surface area contributed by atoms with Crippen LogP contribution in [0.2, 0.25) is 0 Å². The van der Waals surface area contributed by atoms with Gasteiger partial charge in [-0.15, -0.1) is 0 Å². The maximum absolute atomic E-state index is 11.6. The number of pyridine rings is 1. The van der Waals surface area contributed by atoms with Crippen LogP contribution in [0.4, 0.5) is 10.5 Å². The molecule has 0 radical (unpaired) electrons. The summed E-state index contributed by atoms with van der Waals surface area (Å²) in [7, 11) is 0. The van der Waals surface area contributed by atoms with E-state index >= 15 is 0 Å². The van der Waals surface area contributed by atoms with Gasteiger partial charge in [0, 0.05) is 12.2 Å². The van der Waals surface area contributed by atoms with Crippen molar-refractivity contribution < 1.29 is 14.7 Å². The van der Waals surface area contributed by atoms with E-state index in [2.05, 4.69) is 15.6 Å². The number of anilines is 1. The Morgan fingerprint density at radius 3 is 2.83 bits per heavy atom. The van der Waals surface area contributed by atoms with E-state index in [-0.39, 0.29) is 17.4 Å². The average molecular weight is 251 g/mol. The van der Waals surface area contributed by atoms with Gasteiger partial charge in [-0.3, -0.25) is 0 Å². The van der Waals surface area contributed by atoms with Crippen molar-refractivity contribution in [3.8, 4) is 0 Å². The molecule has 1 rings (SSSR count). The lowest BCUT2D eigenvalue weighted by Crippen LogP contribution is -2.36. The van der Waals surface area contributed by atoms with Crippen LogP contribution < -0.4 is 10.6 Å². The molecule has 6 heteroatoms. The number of nitrogens with one attached hydrogen (secondary N) is 2. The number of aromatic nitrogens is 1. The Balaban J connectivity index is 2.67. The molecule has 0 saturated carbocycles. The number of amides is 2. The molecule has 1 unspecified atom stereocenters. The summed E-state index contributed by atoms with van der Waals surface area (Å²) in [5.74, 6) is -1.17. The fourth-order valence-electron chi connectivity index (χ4n) is 1.56. The molecule has 18 heavy (non-hydrogen) atoms. The summed E-state index contributed by atoms with van der Waals surface area (Å²) >= 11 is 0. The maximum atomic E-state index is 11.6. The van der Waals surface area contributed by atoms with E-state index in [0.717, 1.165) is 12.8 Å². The number of hydrogen-bond acceptors (Lipinski definition) is 3. The van der Waals surface area contributed by atoms with Gasteiger partial charge in [0.1, 0.15) is 0 Å². The number of carboxylic acid groups (broad SMARTS) is 1. The van der Waals surface area contributed by atoms with Crippen molar-refractivity contribution in [1.82, 2.24) is 10.3 Å². The van der Waals surface area contributed by atoms with Gasteiger partial charge in [0.05, 0.1) is 5.69 Å². The third-order valence-corrected chi connectivity index (χ3v) is 2.36. The Bertz CT molecular complexity index is 434. The first-order chi connectivity index (χ1) is 8.54. The van der Waals surface area contributed by atoms with Gasteiger partial charge in [-0.25, -0.2) is 14.6 Å². The van der Waals surface area contributed by atoms with Crippen LogP contribution in [0.1, 0.15) is 37.2 Å². The van der Waals surface area contributed by atoms with Gasteiger partial charge >= 0.3 is 12.0 Å². The van der Waals surface area contributed by atoms with E-state index in [9.17, 15) is 9.59 Å². The predicted molar refractivity (Wildman–Crippen MR) is 67.7 cm³/mol. The Labute approximate surface area is 105 Å². The number of carbonyl (C=O) groups excluding carboxylic acids is 1. The van der Waals surface area contributed by atoms with Crippen LogP contribution in [0.5, 0.6) is 0 Å². The number of rotatable bonds is 5. The standard InChI is InChI=1S/C12H17N3O3/c1-3-5-8(2)14-12(18)15-9-6-4-7-13-10(9)11(16)17/h4,6-8H,3,5H2,1-2H3,(H,16,17)(H2,14,15,18). The molecular weight excluding hydrogens is 234 g/mol. The fourth-order valence-corrected chi connectivity index (χ4v) is 1.56. The number of aromatic carboxylic acids is 1. The van der Waals surface area contributed by atoms with Gasteiger partial charge in [-0.1, -0.05) is 13.3 Å². The van der Waals surface area contributed by atoms with Gasteiger partial charge in [-0.05, 0) is 25.5 Å². The van der Waals surface area contributed by atoms with Crippen LogP contribution in [-0.4, -0.2) is 28.1 Å². The first-order valence-corrected chi connectivity index (χ1v) is 5.80. The van der Waals surface area contributed by atoms with Crippen molar-refractivity contribution in [2.75, 3.05) is 5.32 Å². The third-order valence-electron chi connectivity index (χ3n) is 2.36. The fraction of sp³-hybridized carbons (Fsp3) is 0.417. The summed E-state index contributed by atoms with van der Waals surface area (Å²) in [5, 5.41) is 14.1. The zero-order chi connectivity index (χ0) is 13.5. The summed E-state index contributed by atoms with van der Waals surface area (Å²) in [6.45, 7) is 3.92. The molecule has 0 aliphatic carbocycles. The molecule has 0 fully saturated rings. The zero-order valence-corrected chi connectivity index (χ0v) is 10.4. The van der Waals surface area contributed by atoms with Crippen molar-refractivity contribution in [2.24, 2.45) is 0 Å². The highest BCUT2D eigenvalue weighted by Gasteiger charge is 2.14. The SMILES string of the molecule is CCCC(C)NC(=O)Nc1cccnc1C(=O)O. The highest BCUT2D eigenvalue weighted by atomic mass is 16.4. The van der Waals surface area contributed by atoms with E-state index in [0.29, 0.717) is 0 Å². The summed E-state index contributed by atoms with van der Waals surface area (Å²) in [6.07, 6.45) is 3.20. The number of urea groups is 1. The zero-order valence-electron chi connectivity index (χ0n) is 10.4. The third kappa shape index (κ3) is 4.04. The molecule has 0 spiro atoms. The molecule has 1 heterocycles. The molecule has 3 N–H and O–H groups in total. The Morgan fingerprint density at radius 1 is 1.50 bits per heavy atom. The predicted octanol–water partition coefficient (Wildman–Crippen LogP) is 2.09. The monoisotopic (exact) mass is 251 g/mol. The van der Waals surface area contributed by atoms with Crippen LogP contribution >= 0.6 is 0 Å². The van der Waals surface area contributed by atoms with E-state index < -0.39 is 12.0 Å². The molecule has 1 aromatic heterocycles. The molecule has 0 aromatic carbocycles. The highest BCUT2D eigenvalue weighted by molar-refractivity contribution is 5.98. The molecule has 2 amide bonds. The molecule has 0 saturated heterocycles. The first-order valence-electron chi connectivity index (χ1n) is 5.80. The molecular formula is C12H17N3O3. The summed E-state index contributed by atoms with van der Waals surface area (Å²) in [5.41, 5.74) is 0.0157. The Morgan fingerprint density at radius 2 is 2.22 bits per heavy atom. The van der Waals surface area contributed by atoms with Crippen LogP contribution in [0, 0.1) is 0 Å². The van der Waals surface area contributed by atoms with Crippen molar-refractivity contribution in [2.45, 2.75) is 32.7 Å². The lowest BCUT2D eigenvalue weighted by molar-refractivity contribution is 0.0692. The Kier molecular flexibility index (Phi) is 5.10. The lowest BCUT2D eigenvalue weighted by atomic mass is 10.2. The number of hydrogen-bond donors (Lipinski definition) is 3. The van der Waals surface area contributed by atoms with Gasteiger partial charge in [0.2, 0.25) is 0 Å². The lowest BCUT2D eigenvalue weighted by Gasteiger charge is -2.14. The van der Waals surface area contributed by atoms with E-state index in [1.54, 1.807) is 6.07 Å². The van der Waals surface area contributed by atoms with Gasteiger partial charge < -0.3 is 15.7 Å². The van der Waals surface area contributed by atoms with E-state index in [1.807, 2.05) is 13.8 Å². The van der Waals surface area contributed by atoms with Crippen molar-refractivity contribution >= 4 is 17.7 Å². The van der Waals surface area contributed by atoms with Crippen molar-refractivity contribution in [1.29, 1.82) is 0 Å². The summed E-state index contributed by atoms with van der Waals surface area (Å²) in [4.78, 5) is 26.2. The molecule has 6 nitrogen and oxygen atoms in total. The summed E-state index contributed by atoms with van der Waals surface area (Å²) < 4.78 is 0. The van der Waals surface area contributed by atoms with E-state index in [1.165, 1.54) is 12.3 Å². The molecule has 1 aromatic rings. The minimum absolute atomic E-state index is 0.0416. The van der Waals surface area contributed by atoms with Crippen molar-refractivity contribution in [3.05, 3.63) is 24.0 Å². The van der Waals surface area contributed by atoms with Crippen LogP contribution in [0.25, 0.3) is 0 Å². The van der Waals surface area contributed by atoms with Gasteiger partial charge in [0.25, 0.3) is 0 Å². The maximum Gasteiger partial charge on any atom is 0.356 e. The highest BCUT2D eigenvalue weighted by Crippen LogP contribution is 2.11. The normalized spacial score (nSPS) is 11.7. The molecule has 0 aliphatic rings. The smallest absolute Gasteiger partial charge is 0.356 e. The van der Waals surface area contributed by atoms with Crippen molar-refractivity contribution in [3.63, 3.8) is 0 Å². The topological polar surface area (TPSA) is 91.3 Å². The van der Waals surface area contributed by atoms with E-state index in [4.69, 9.17) is 5.11 Å². The quantitative estimate of drug-likeness (QED) is 0.747. The van der Waals surface area contributed by atoms with Crippen LogP contribution in [0.15, 0.2) is 18.3 Å². The number of nitrogens with zero attached hydrogens (tertiary/aromatic N) is 1. The van der Waals surface area contributed by atoms with Crippen LogP contribution in [-0.2, 0) is 0 Å². The van der Waals surface area contributed by atoms with Crippen LogP contribution in [0.3, 0.4) is 0 Å². The average Bonchev–Trinajstić information content (AvgIpc) is 2.29. The first kappa shape index (κ1) is 14.0. The Hall–Kier alpha value is -2.11. The molecule has 0 aliphatic heterocycles. The minimum Gasteiger partial charge on any atom is -0.476 e. The van der Waals surface area contributed by atoms with Gasteiger partial charge in [-0.2, -0.15) is 0 Å². The molecule has 98 valence electrons. The molecule has 1 atom stereocenters. The number of carboxylic acids is 1. The summed E-state index contributed by atoms with van der Waals surface area (Å²) in [6, 6.07) is 2.68. The van der Waals surface area contributed by atoms with Gasteiger partial charge in [0.15, 0.2) is 5.69 Å². The number of carbonyl (C=O) groups is 2. The minimum atomic E-state index is -1.17. The second-order valence-corrected chi connectivity index (χ2v) is 3.99. The molecule has 0 bridgehead atoms. The second kappa shape index (κ2) is 6.58.